The Balaban J connectivity index is 1.81. The first kappa shape index (κ1) is 24.5. The van der Waals surface area contributed by atoms with Gasteiger partial charge in [-0.25, -0.2) is 9.59 Å². The van der Waals surface area contributed by atoms with E-state index in [2.05, 4.69) is 38.1 Å². The number of carboxylic acids is 2. The number of fused-ring (bicyclic) bond motifs is 5. The number of rotatable bonds is 4. The standard InChI is InChI=1S/C34H22O4S2/c1-17-29(23-7-3-5-9-27(23)39-17)31-25-15-19(33(35)36)11-13-21(25)22-14-12-20(34(37)38)16-26(22)32(31)30-18(2)40-28-10-6-4-8-24(28)30/h3-16H,1-2H3,(H,35,36)(H,37,38). The molecule has 40 heavy (non-hydrogen) atoms. The lowest BCUT2D eigenvalue weighted by Crippen LogP contribution is -2.00. The van der Waals surface area contributed by atoms with Crippen LogP contribution < -0.4 is 0 Å². The molecule has 7 aromatic rings. The van der Waals surface area contributed by atoms with E-state index in [1.54, 1.807) is 46.9 Å². The SMILES string of the molecule is Cc1sc2ccccc2c1-c1c(-c2c(C)sc3ccccc23)c2cc(C(=O)O)ccc2c2ccc(C(=O)O)cc12. The minimum Gasteiger partial charge on any atom is -0.478 e. The predicted molar refractivity (Wildman–Crippen MR) is 166 cm³/mol. The van der Waals surface area contributed by atoms with Gasteiger partial charge in [-0.2, -0.15) is 0 Å². The first-order chi connectivity index (χ1) is 19.3. The highest BCUT2D eigenvalue weighted by molar-refractivity contribution is 7.20. The van der Waals surface area contributed by atoms with Crippen LogP contribution in [0.3, 0.4) is 0 Å². The zero-order valence-electron chi connectivity index (χ0n) is 21.6. The van der Waals surface area contributed by atoms with Gasteiger partial charge in [-0.15, -0.1) is 22.7 Å². The molecule has 2 N–H and O–H groups in total. The van der Waals surface area contributed by atoms with Crippen molar-refractivity contribution in [3.63, 3.8) is 0 Å². The van der Waals surface area contributed by atoms with E-state index in [-0.39, 0.29) is 11.1 Å². The average Bonchev–Trinajstić information content (AvgIpc) is 3.46. The Morgan fingerprint density at radius 2 is 0.900 bits per heavy atom. The van der Waals surface area contributed by atoms with E-state index in [1.165, 1.54) is 0 Å². The molecule has 0 fully saturated rings. The summed E-state index contributed by atoms with van der Waals surface area (Å²) in [6, 6.07) is 27.1. The zero-order chi connectivity index (χ0) is 27.7. The van der Waals surface area contributed by atoms with Crippen molar-refractivity contribution in [3.05, 3.63) is 106 Å². The molecule has 2 heterocycles. The predicted octanol–water partition coefficient (Wildman–Crippen LogP) is 9.77. The lowest BCUT2D eigenvalue weighted by Gasteiger charge is -2.20. The van der Waals surface area contributed by atoms with E-state index in [9.17, 15) is 19.8 Å². The van der Waals surface area contributed by atoms with E-state index in [0.717, 1.165) is 73.7 Å². The van der Waals surface area contributed by atoms with Crippen molar-refractivity contribution in [2.24, 2.45) is 0 Å². The lowest BCUT2D eigenvalue weighted by atomic mass is 9.82. The van der Waals surface area contributed by atoms with Gasteiger partial charge in [-0.05, 0) is 82.9 Å². The van der Waals surface area contributed by atoms with E-state index < -0.39 is 11.9 Å². The van der Waals surface area contributed by atoms with Gasteiger partial charge in [0.1, 0.15) is 0 Å². The Labute approximate surface area is 237 Å². The summed E-state index contributed by atoms with van der Waals surface area (Å²) in [7, 11) is 0. The summed E-state index contributed by atoms with van der Waals surface area (Å²) < 4.78 is 2.30. The number of carboxylic acid groups (broad SMARTS) is 2. The molecule has 0 spiro atoms. The normalized spacial score (nSPS) is 11.7. The molecule has 2 aromatic heterocycles. The van der Waals surface area contributed by atoms with Crippen molar-refractivity contribution < 1.29 is 19.8 Å². The van der Waals surface area contributed by atoms with Gasteiger partial charge in [0.25, 0.3) is 0 Å². The van der Waals surface area contributed by atoms with Crippen LogP contribution in [0.1, 0.15) is 30.5 Å². The Bertz CT molecular complexity index is 2040. The number of carbonyl (C=O) groups is 2. The summed E-state index contributed by atoms with van der Waals surface area (Å²) in [6.45, 7) is 4.21. The Kier molecular flexibility index (Phi) is 5.52. The summed E-state index contributed by atoms with van der Waals surface area (Å²) >= 11 is 3.42. The fourth-order valence-corrected chi connectivity index (χ4v) is 8.12. The second-order valence-corrected chi connectivity index (χ2v) is 12.5. The van der Waals surface area contributed by atoms with Gasteiger partial charge in [0, 0.05) is 41.1 Å². The molecular formula is C34H22O4S2. The highest BCUT2D eigenvalue weighted by atomic mass is 32.1. The van der Waals surface area contributed by atoms with Gasteiger partial charge in [-0.1, -0.05) is 48.5 Å². The third-order valence-electron chi connectivity index (χ3n) is 7.65. The lowest BCUT2D eigenvalue weighted by molar-refractivity contribution is 0.0686. The number of thiophene rings is 2. The first-order valence-electron chi connectivity index (χ1n) is 12.8. The Hall–Kier alpha value is -4.52. The molecular weight excluding hydrogens is 537 g/mol. The average molecular weight is 559 g/mol. The van der Waals surface area contributed by atoms with Crippen molar-refractivity contribution in [1.29, 1.82) is 0 Å². The second-order valence-electron chi connectivity index (χ2n) is 9.94. The molecule has 0 aliphatic carbocycles. The molecule has 0 radical (unpaired) electrons. The van der Waals surface area contributed by atoms with Gasteiger partial charge in [0.2, 0.25) is 0 Å². The van der Waals surface area contributed by atoms with Crippen molar-refractivity contribution in [1.82, 2.24) is 0 Å². The molecule has 0 aliphatic heterocycles. The summed E-state index contributed by atoms with van der Waals surface area (Å²) in [5, 5.41) is 25.6. The van der Waals surface area contributed by atoms with Crippen LogP contribution in [0.15, 0.2) is 84.9 Å². The van der Waals surface area contributed by atoms with Crippen molar-refractivity contribution in [2.75, 3.05) is 0 Å². The van der Waals surface area contributed by atoms with Crippen LogP contribution in [0.2, 0.25) is 0 Å². The van der Waals surface area contributed by atoms with Crippen LogP contribution in [-0.2, 0) is 0 Å². The van der Waals surface area contributed by atoms with Gasteiger partial charge >= 0.3 is 11.9 Å². The molecule has 0 aliphatic rings. The molecule has 0 amide bonds. The van der Waals surface area contributed by atoms with Crippen molar-refractivity contribution in [3.8, 4) is 22.3 Å². The summed E-state index contributed by atoms with van der Waals surface area (Å²) in [6.07, 6.45) is 0. The third-order valence-corrected chi connectivity index (χ3v) is 9.83. The van der Waals surface area contributed by atoms with Crippen LogP contribution in [-0.4, -0.2) is 22.2 Å². The minimum atomic E-state index is -0.986. The molecule has 194 valence electrons. The van der Waals surface area contributed by atoms with Crippen molar-refractivity contribution >= 4 is 76.3 Å². The zero-order valence-corrected chi connectivity index (χ0v) is 23.2. The Morgan fingerprint density at radius 3 is 1.30 bits per heavy atom. The Morgan fingerprint density at radius 1 is 0.500 bits per heavy atom. The van der Waals surface area contributed by atoms with Crippen LogP contribution in [0, 0.1) is 13.8 Å². The highest BCUT2D eigenvalue weighted by Crippen LogP contribution is 2.52. The summed E-state index contributed by atoms with van der Waals surface area (Å²) in [4.78, 5) is 26.6. The monoisotopic (exact) mass is 558 g/mol. The molecule has 0 atom stereocenters. The maximum atomic E-state index is 12.2. The number of aryl methyl sites for hydroxylation is 2. The molecule has 5 aromatic carbocycles. The number of hydrogen-bond acceptors (Lipinski definition) is 4. The molecule has 6 heteroatoms. The first-order valence-corrected chi connectivity index (χ1v) is 14.4. The largest absolute Gasteiger partial charge is 0.478 e. The maximum Gasteiger partial charge on any atom is 0.335 e. The van der Waals surface area contributed by atoms with Gasteiger partial charge in [-0.3, -0.25) is 0 Å². The van der Waals surface area contributed by atoms with E-state index in [4.69, 9.17) is 0 Å². The highest BCUT2D eigenvalue weighted by Gasteiger charge is 2.26. The van der Waals surface area contributed by atoms with Crippen LogP contribution in [0.5, 0.6) is 0 Å². The van der Waals surface area contributed by atoms with Crippen LogP contribution >= 0.6 is 22.7 Å². The second kappa shape index (κ2) is 9.01. The molecule has 0 unspecified atom stereocenters. The smallest absolute Gasteiger partial charge is 0.335 e. The fourth-order valence-electron chi connectivity index (χ4n) is 5.98. The molecule has 0 saturated heterocycles. The third kappa shape index (κ3) is 3.57. The molecule has 4 nitrogen and oxygen atoms in total. The van der Waals surface area contributed by atoms with Gasteiger partial charge in [0.05, 0.1) is 11.1 Å². The minimum absolute atomic E-state index is 0.213. The number of hydrogen-bond donors (Lipinski definition) is 2. The summed E-state index contributed by atoms with van der Waals surface area (Å²) in [5.74, 6) is -1.97. The number of aromatic carboxylic acids is 2. The van der Waals surface area contributed by atoms with Crippen molar-refractivity contribution in [2.45, 2.75) is 13.8 Å². The van der Waals surface area contributed by atoms with Gasteiger partial charge in [0.15, 0.2) is 0 Å². The topological polar surface area (TPSA) is 74.6 Å². The van der Waals surface area contributed by atoms with Gasteiger partial charge < -0.3 is 10.2 Å². The van der Waals surface area contributed by atoms with E-state index in [0.29, 0.717) is 0 Å². The van der Waals surface area contributed by atoms with E-state index in [1.807, 2.05) is 36.4 Å². The number of benzene rings is 5. The van der Waals surface area contributed by atoms with Crippen LogP contribution in [0.25, 0.3) is 64.0 Å². The maximum absolute atomic E-state index is 12.2. The molecule has 7 rings (SSSR count). The van der Waals surface area contributed by atoms with Crippen LogP contribution in [0.4, 0.5) is 0 Å². The van der Waals surface area contributed by atoms with E-state index >= 15 is 0 Å². The molecule has 0 bridgehead atoms. The summed E-state index contributed by atoms with van der Waals surface area (Å²) in [5.41, 5.74) is 4.42. The molecule has 0 saturated carbocycles. The quantitative estimate of drug-likeness (QED) is 0.211. The fraction of sp³-hybridized carbons (Fsp3) is 0.0588.